The Morgan fingerprint density at radius 2 is 0.841 bits per heavy atom. The summed E-state index contributed by atoms with van der Waals surface area (Å²) in [4.78, 5) is 24.4. The van der Waals surface area contributed by atoms with Crippen molar-refractivity contribution < 1.29 is 24.5 Å². The number of esters is 1. The zero-order valence-corrected chi connectivity index (χ0v) is 41.8. The normalized spacial score (nSPS) is 13.0. The predicted octanol–water partition coefficient (Wildman–Crippen LogP) is 16.6. The number of hydrogen-bond donors (Lipinski definition) is 3. The first kappa shape index (κ1) is 60.8. The molecule has 0 heterocycles. The van der Waals surface area contributed by atoms with Crippen molar-refractivity contribution in [3.63, 3.8) is 0 Å². The Labute approximate surface area is 391 Å². The number of nitrogens with one attached hydrogen (secondary N) is 1. The molecule has 0 aliphatic carbocycles. The van der Waals surface area contributed by atoms with E-state index in [0.29, 0.717) is 25.9 Å². The summed E-state index contributed by atoms with van der Waals surface area (Å²) in [5, 5.41) is 23.1. The quantitative estimate of drug-likeness (QED) is 0.0245. The SMILES string of the molecule is CCCCCC/C=C\C/C=C\CCCCCCCC(=O)OCCCCC/C=C\C=C/CCCCCCCCCCCCC(=O)NC(CO)C(O)CCCCCCCCCCCCC. The number of aliphatic hydroxyl groups excluding tert-OH is 2. The van der Waals surface area contributed by atoms with Gasteiger partial charge in [0, 0.05) is 12.8 Å². The largest absolute Gasteiger partial charge is 0.466 e. The van der Waals surface area contributed by atoms with E-state index in [1.54, 1.807) is 0 Å². The Bertz CT molecular complexity index is 1070. The van der Waals surface area contributed by atoms with E-state index in [2.05, 4.69) is 67.8 Å². The maximum atomic E-state index is 12.4. The van der Waals surface area contributed by atoms with Crippen LogP contribution in [0.3, 0.4) is 0 Å². The first-order valence-corrected chi connectivity index (χ1v) is 27.4. The molecule has 2 atom stereocenters. The predicted molar refractivity (Wildman–Crippen MR) is 273 cm³/mol. The highest BCUT2D eigenvalue weighted by molar-refractivity contribution is 5.76. The van der Waals surface area contributed by atoms with Crippen molar-refractivity contribution in [1.29, 1.82) is 0 Å². The standard InChI is InChI=1S/C57H105NO5/c1-3-5-7-9-11-13-15-16-17-24-27-31-35-39-43-47-51-57(62)63-52-48-44-40-36-32-28-25-22-20-18-19-21-23-26-30-34-38-42-46-50-56(61)58-54(53-59)55(60)49-45-41-37-33-29-14-12-10-8-6-4-2/h13,15,17,22,24-25,28,32,54-55,59-60H,3-12,14,16,18-21,23,26-27,29-31,33-53H2,1-2H3,(H,58,61)/b15-13-,24-17-,25-22-,32-28-. The Kier molecular flexibility index (Phi) is 50.6. The lowest BCUT2D eigenvalue weighted by molar-refractivity contribution is -0.143. The molecule has 6 nitrogen and oxygen atoms in total. The summed E-state index contributed by atoms with van der Waals surface area (Å²) >= 11 is 0. The van der Waals surface area contributed by atoms with Crippen molar-refractivity contribution in [3.8, 4) is 0 Å². The van der Waals surface area contributed by atoms with Gasteiger partial charge in [0.15, 0.2) is 0 Å². The zero-order valence-electron chi connectivity index (χ0n) is 41.8. The number of carbonyl (C=O) groups is 2. The van der Waals surface area contributed by atoms with Crippen LogP contribution in [0, 0.1) is 0 Å². The van der Waals surface area contributed by atoms with Crippen LogP contribution in [0.2, 0.25) is 0 Å². The molecule has 0 spiro atoms. The highest BCUT2D eigenvalue weighted by atomic mass is 16.5. The number of aliphatic hydroxyl groups is 2. The van der Waals surface area contributed by atoms with Crippen molar-refractivity contribution in [2.24, 2.45) is 0 Å². The first-order chi connectivity index (χ1) is 31.0. The van der Waals surface area contributed by atoms with Gasteiger partial charge >= 0.3 is 5.97 Å². The number of carbonyl (C=O) groups excluding carboxylic acids is 2. The number of unbranched alkanes of at least 4 members (excludes halogenated alkanes) is 32. The second-order valence-electron chi connectivity index (χ2n) is 18.6. The molecular formula is C57H105NO5. The van der Waals surface area contributed by atoms with E-state index in [9.17, 15) is 19.8 Å². The number of ether oxygens (including phenoxy) is 1. The van der Waals surface area contributed by atoms with Gasteiger partial charge in [-0.1, -0.05) is 223 Å². The molecule has 0 aliphatic rings. The van der Waals surface area contributed by atoms with E-state index in [1.807, 2.05) is 0 Å². The smallest absolute Gasteiger partial charge is 0.305 e. The number of amides is 1. The number of rotatable bonds is 50. The van der Waals surface area contributed by atoms with Crippen molar-refractivity contribution >= 4 is 11.9 Å². The molecule has 1 amide bonds. The van der Waals surface area contributed by atoms with Crippen LogP contribution in [0.25, 0.3) is 0 Å². The van der Waals surface area contributed by atoms with E-state index < -0.39 is 12.1 Å². The second kappa shape index (κ2) is 52.4. The minimum Gasteiger partial charge on any atom is -0.466 e. The average molecular weight is 884 g/mol. The van der Waals surface area contributed by atoms with Crippen LogP contribution in [-0.2, 0) is 14.3 Å². The van der Waals surface area contributed by atoms with Gasteiger partial charge in [0.1, 0.15) is 0 Å². The molecule has 0 bridgehead atoms. The van der Waals surface area contributed by atoms with Crippen LogP contribution in [0.1, 0.15) is 277 Å². The Hall–Kier alpha value is -2.18. The minimum atomic E-state index is -0.670. The van der Waals surface area contributed by atoms with Gasteiger partial charge < -0.3 is 20.3 Å². The third-order valence-corrected chi connectivity index (χ3v) is 12.4. The third kappa shape index (κ3) is 49.1. The molecule has 0 radical (unpaired) electrons. The summed E-state index contributed by atoms with van der Waals surface area (Å²) in [6.07, 6.45) is 65.2. The monoisotopic (exact) mass is 884 g/mol. The lowest BCUT2D eigenvalue weighted by Gasteiger charge is -2.22. The molecular weight excluding hydrogens is 779 g/mol. The maximum Gasteiger partial charge on any atom is 0.305 e. The van der Waals surface area contributed by atoms with Gasteiger partial charge in [-0.25, -0.2) is 0 Å². The Morgan fingerprint density at radius 3 is 1.32 bits per heavy atom. The molecule has 368 valence electrons. The molecule has 0 aromatic carbocycles. The van der Waals surface area contributed by atoms with Crippen LogP contribution >= 0.6 is 0 Å². The molecule has 0 saturated carbocycles. The topological polar surface area (TPSA) is 95.9 Å². The van der Waals surface area contributed by atoms with Crippen molar-refractivity contribution in [1.82, 2.24) is 5.32 Å². The van der Waals surface area contributed by atoms with Crippen molar-refractivity contribution in [2.75, 3.05) is 13.2 Å². The summed E-state index contributed by atoms with van der Waals surface area (Å²) in [5.74, 6) is -0.0748. The highest BCUT2D eigenvalue weighted by Gasteiger charge is 2.20. The summed E-state index contributed by atoms with van der Waals surface area (Å²) in [6, 6.07) is -0.549. The van der Waals surface area contributed by atoms with Gasteiger partial charge in [0.2, 0.25) is 5.91 Å². The summed E-state index contributed by atoms with van der Waals surface area (Å²) < 4.78 is 5.44. The van der Waals surface area contributed by atoms with Crippen LogP contribution in [0.4, 0.5) is 0 Å². The Morgan fingerprint density at radius 1 is 0.460 bits per heavy atom. The maximum absolute atomic E-state index is 12.4. The van der Waals surface area contributed by atoms with Crippen molar-refractivity contribution in [2.45, 2.75) is 289 Å². The van der Waals surface area contributed by atoms with Crippen LogP contribution in [0.15, 0.2) is 48.6 Å². The highest BCUT2D eigenvalue weighted by Crippen LogP contribution is 2.16. The third-order valence-electron chi connectivity index (χ3n) is 12.4. The van der Waals surface area contributed by atoms with Crippen LogP contribution < -0.4 is 5.32 Å². The fraction of sp³-hybridized carbons (Fsp3) is 0.825. The molecule has 3 N–H and O–H groups in total. The van der Waals surface area contributed by atoms with Gasteiger partial charge in [0.05, 0.1) is 25.4 Å². The summed E-state index contributed by atoms with van der Waals surface area (Å²) in [7, 11) is 0. The van der Waals surface area contributed by atoms with E-state index in [0.717, 1.165) is 77.0 Å². The Balaban J connectivity index is 3.48. The second-order valence-corrected chi connectivity index (χ2v) is 18.6. The van der Waals surface area contributed by atoms with E-state index >= 15 is 0 Å². The molecule has 0 fully saturated rings. The lowest BCUT2D eigenvalue weighted by Crippen LogP contribution is -2.45. The van der Waals surface area contributed by atoms with E-state index in [4.69, 9.17) is 4.74 Å². The fourth-order valence-electron chi connectivity index (χ4n) is 8.13. The molecule has 0 saturated heterocycles. The zero-order chi connectivity index (χ0) is 45.8. The van der Waals surface area contributed by atoms with Gasteiger partial charge in [0.25, 0.3) is 0 Å². The summed E-state index contributed by atoms with van der Waals surface area (Å²) in [6.45, 7) is 4.87. The van der Waals surface area contributed by atoms with Crippen LogP contribution in [-0.4, -0.2) is 47.4 Å². The first-order valence-electron chi connectivity index (χ1n) is 27.4. The minimum absolute atomic E-state index is 0.0275. The molecule has 0 aromatic rings. The van der Waals surface area contributed by atoms with Gasteiger partial charge in [-0.2, -0.15) is 0 Å². The van der Waals surface area contributed by atoms with Gasteiger partial charge in [-0.05, 0) is 89.9 Å². The number of allylic oxidation sites excluding steroid dienone is 8. The van der Waals surface area contributed by atoms with Gasteiger partial charge in [-0.15, -0.1) is 0 Å². The molecule has 0 rings (SSSR count). The van der Waals surface area contributed by atoms with Crippen molar-refractivity contribution in [3.05, 3.63) is 48.6 Å². The molecule has 6 heteroatoms. The van der Waals surface area contributed by atoms with Crippen LogP contribution in [0.5, 0.6) is 0 Å². The van der Waals surface area contributed by atoms with E-state index in [-0.39, 0.29) is 18.5 Å². The molecule has 63 heavy (non-hydrogen) atoms. The van der Waals surface area contributed by atoms with Gasteiger partial charge in [-0.3, -0.25) is 9.59 Å². The number of hydrogen-bond acceptors (Lipinski definition) is 5. The fourth-order valence-corrected chi connectivity index (χ4v) is 8.13. The van der Waals surface area contributed by atoms with E-state index in [1.165, 1.54) is 167 Å². The molecule has 2 unspecified atom stereocenters. The molecule has 0 aliphatic heterocycles. The lowest BCUT2D eigenvalue weighted by atomic mass is 10.0. The molecule has 0 aromatic heterocycles. The average Bonchev–Trinajstić information content (AvgIpc) is 3.28. The summed E-state index contributed by atoms with van der Waals surface area (Å²) in [5.41, 5.74) is 0.